The van der Waals surface area contributed by atoms with Gasteiger partial charge < -0.3 is 10.1 Å². The fraction of sp³-hybridized carbons (Fsp3) is 0.571. The lowest BCUT2D eigenvalue weighted by Gasteiger charge is -2.26. The summed E-state index contributed by atoms with van der Waals surface area (Å²) in [5, 5.41) is 3.27. The second-order valence-electron chi connectivity index (χ2n) is 4.59. The van der Waals surface area contributed by atoms with Gasteiger partial charge in [0.25, 0.3) is 0 Å². The number of likely N-dealkylation sites (N-methyl/N-ethyl adjacent to an activating group) is 1. The molecule has 2 heteroatoms. The molecule has 0 spiro atoms. The molecule has 2 nitrogen and oxygen atoms in total. The smallest absolute Gasteiger partial charge is 0.0657 e. The van der Waals surface area contributed by atoms with E-state index in [2.05, 4.69) is 29.6 Å². The van der Waals surface area contributed by atoms with Gasteiger partial charge in [-0.1, -0.05) is 30.7 Å². The average Bonchev–Trinajstić information content (AvgIpc) is 2.25. The van der Waals surface area contributed by atoms with E-state index in [0.717, 1.165) is 12.5 Å². The van der Waals surface area contributed by atoms with Crippen molar-refractivity contribution in [2.75, 3.05) is 20.8 Å². The number of benzene rings is 1. The molecule has 1 saturated carbocycles. The van der Waals surface area contributed by atoms with Crippen molar-refractivity contribution in [2.24, 2.45) is 0 Å². The molecule has 1 aromatic carbocycles. The lowest BCUT2D eigenvalue weighted by molar-refractivity contribution is 0.170. The van der Waals surface area contributed by atoms with E-state index < -0.39 is 0 Å². The number of hydrogen-bond donors (Lipinski definition) is 1. The molecule has 1 N–H and O–H groups in total. The van der Waals surface area contributed by atoms with Crippen LogP contribution in [0.4, 0.5) is 0 Å². The Labute approximate surface area is 98.0 Å². The van der Waals surface area contributed by atoms with Gasteiger partial charge in [-0.05, 0) is 36.9 Å². The van der Waals surface area contributed by atoms with Crippen LogP contribution in [0.3, 0.4) is 0 Å². The number of hydrogen-bond acceptors (Lipinski definition) is 2. The molecule has 0 saturated heterocycles. The second-order valence-corrected chi connectivity index (χ2v) is 4.59. The Balaban J connectivity index is 2.04. The van der Waals surface area contributed by atoms with E-state index in [1.807, 2.05) is 7.05 Å². The SMILES string of the molecule is CNC(COC)c1ccc(C2CCC2)cc1. The Bertz CT molecular complexity index is 316. The van der Waals surface area contributed by atoms with Crippen molar-refractivity contribution in [3.63, 3.8) is 0 Å². The van der Waals surface area contributed by atoms with E-state index in [1.54, 1.807) is 7.11 Å². The molecule has 1 fully saturated rings. The summed E-state index contributed by atoms with van der Waals surface area (Å²) in [6.07, 6.45) is 4.13. The van der Waals surface area contributed by atoms with Crippen LogP contribution < -0.4 is 5.32 Å². The van der Waals surface area contributed by atoms with Crippen molar-refractivity contribution in [2.45, 2.75) is 31.2 Å². The average molecular weight is 219 g/mol. The van der Waals surface area contributed by atoms with Gasteiger partial charge in [0.15, 0.2) is 0 Å². The lowest BCUT2D eigenvalue weighted by atomic mass is 9.80. The van der Waals surface area contributed by atoms with E-state index in [1.165, 1.54) is 30.4 Å². The summed E-state index contributed by atoms with van der Waals surface area (Å²) in [5.41, 5.74) is 2.81. The Kier molecular flexibility index (Phi) is 3.97. The molecular formula is C14H21NO. The van der Waals surface area contributed by atoms with Crippen LogP contribution in [0.2, 0.25) is 0 Å². The van der Waals surface area contributed by atoms with Crippen LogP contribution in [0.15, 0.2) is 24.3 Å². The third-order valence-corrected chi connectivity index (χ3v) is 3.60. The molecule has 0 bridgehead atoms. The molecule has 88 valence electrons. The van der Waals surface area contributed by atoms with Crippen molar-refractivity contribution >= 4 is 0 Å². The molecule has 1 aliphatic rings. The minimum atomic E-state index is 0.306. The standard InChI is InChI=1S/C14H21NO/c1-15-14(10-16-2)13-8-6-12(7-9-13)11-4-3-5-11/h6-9,11,14-15H,3-5,10H2,1-2H3. The van der Waals surface area contributed by atoms with Gasteiger partial charge in [0.2, 0.25) is 0 Å². The molecule has 16 heavy (non-hydrogen) atoms. The maximum Gasteiger partial charge on any atom is 0.0657 e. The van der Waals surface area contributed by atoms with Crippen LogP contribution in [-0.2, 0) is 4.74 Å². The molecule has 0 aromatic heterocycles. The van der Waals surface area contributed by atoms with Crippen molar-refractivity contribution in [3.05, 3.63) is 35.4 Å². The van der Waals surface area contributed by atoms with E-state index in [4.69, 9.17) is 4.74 Å². The minimum Gasteiger partial charge on any atom is -0.383 e. The van der Waals surface area contributed by atoms with Gasteiger partial charge in [0.1, 0.15) is 0 Å². The maximum absolute atomic E-state index is 5.20. The zero-order valence-electron chi connectivity index (χ0n) is 10.2. The van der Waals surface area contributed by atoms with Crippen molar-refractivity contribution in [1.82, 2.24) is 5.32 Å². The van der Waals surface area contributed by atoms with Gasteiger partial charge >= 0.3 is 0 Å². The molecule has 1 aromatic rings. The highest BCUT2D eigenvalue weighted by Crippen LogP contribution is 2.36. The van der Waals surface area contributed by atoms with Gasteiger partial charge in [0, 0.05) is 7.11 Å². The summed E-state index contributed by atoms with van der Waals surface area (Å²) < 4.78 is 5.20. The summed E-state index contributed by atoms with van der Waals surface area (Å²) in [7, 11) is 3.72. The maximum atomic E-state index is 5.20. The van der Waals surface area contributed by atoms with Crippen LogP contribution >= 0.6 is 0 Å². The first kappa shape index (κ1) is 11.6. The largest absolute Gasteiger partial charge is 0.383 e. The predicted molar refractivity (Wildman–Crippen MR) is 66.7 cm³/mol. The fourth-order valence-electron chi connectivity index (χ4n) is 2.25. The van der Waals surface area contributed by atoms with Gasteiger partial charge in [0.05, 0.1) is 12.6 Å². The van der Waals surface area contributed by atoms with Crippen LogP contribution in [0.5, 0.6) is 0 Å². The molecular weight excluding hydrogens is 198 g/mol. The number of ether oxygens (including phenoxy) is 1. The van der Waals surface area contributed by atoms with Gasteiger partial charge in [-0.25, -0.2) is 0 Å². The van der Waals surface area contributed by atoms with Crippen molar-refractivity contribution < 1.29 is 4.74 Å². The first-order valence-corrected chi connectivity index (χ1v) is 6.11. The van der Waals surface area contributed by atoms with Crippen LogP contribution in [0.25, 0.3) is 0 Å². The van der Waals surface area contributed by atoms with Gasteiger partial charge in [-0.2, -0.15) is 0 Å². The number of nitrogens with one attached hydrogen (secondary N) is 1. The highest BCUT2D eigenvalue weighted by molar-refractivity contribution is 5.28. The first-order chi connectivity index (χ1) is 7.85. The quantitative estimate of drug-likeness (QED) is 0.822. The zero-order chi connectivity index (χ0) is 11.4. The molecule has 0 radical (unpaired) electrons. The topological polar surface area (TPSA) is 21.3 Å². The lowest BCUT2D eigenvalue weighted by Crippen LogP contribution is -2.21. The summed E-state index contributed by atoms with van der Waals surface area (Å²) in [4.78, 5) is 0. The minimum absolute atomic E-state index is 0.306. The van der Waals surface area contributed by atoms with Crippen molar-refractivity contribution in [1.29, 1.82) is 0 Å². The number of rotatable bonds is 5. The summed E-state index contributed by atoms with van der Waals surface area (Å²) in [6, 6.07) is 9.32. The Morgan fingerprint density at radius 2 is 2.00 bits per heavy atom. The Hall–Kier alpha value is -0.860. The van der Waals surface area contributed by atoms with Crippen LogP contribution in [0.1, 0.15) is 42.3 Å². The molecule has 0 aliphatic heterocycles. The highest BCUT2D eigenvalue weighted by atomic mass is 16.5. The molecule has 1 atom stereocenters. The van der Waals surface area contributed by atoms with E-state index in [9.17, 15) is 0 Å². The van der Waals surface area contributed by atoms with Crippen LogP contribution in [-0.4, -0.2) is 20.8 Å². The predicted octanol–water partition coefficient (Wildman–Crippen LogP) is 2.86. The summed E-state index contributed by atoms with van der Waals surface area (Å²) >= 11 is 0. The second kappa shape index (κ2) is 5.46. The van der Waals surface area contributed by atoms with Crippen molar-refractivity contribution in [3.8, 4) is 0 Å². The molecule has 0 amide bonds. The third kappa shape index (κ3) is 2.45. The van der Waals surface area contributed by atoms with Gasteiger partial charge in [-0.3, -0.25) is 0 Å². The Morgan fingerprint density at radius 3 is 2.44 bits per heavy atom. The normalized spacial score (nSPS) is 18.1. The van der Waals surface area contributed by atoms with E-state index in [-0.39, 0.29) is 0 Å². The number of methoxy groups -OCH3 is 1. The molecule has 1 aliphatic carbocycles. The summed E-state index contributed by atoms with van der Waals surface area (Å²) in [5.74, 6) is 0.824. The molecule has 0 heterocycles. The molecule has 2 rings (SSSR count). The molecule has 1 unspecified atom stereocenters. The van der Waals surface area contributed by atoms with Crippen LogP contribution in [0, 0.1) is 0 Å². The van der Waals surface area contributed by atoms with Gasteiger partial charge in [-0.15, -0.1) is 0 Å². The van der Waals surface area contributed by atoms with E-state index in [0.29, 0.717) is 6.04 Å². The Morgan fingerprint density at radius 1 is 1.31 bits per heavy atom. The highest BCUT2D eigenvalue weighted by Gasteiger charge is 2.19. The monoisotopic (exact) mass is 219 g/mol. The first-order valence-electron chi connectivity index (χ1n) is 6.11. The van der Waals surface area contributed by atoms with E-state index >= 15 is 0 Å². The third-order valence-electron chi connectivity index (χ3n) is 3.60. The zero-order valence-corrected chi connectivity index (χ0v) is 10.2. The fourth-order valence-corrected chi connectivity index (χ4v) is 2.25. The summed E-state index contributed by atoms with van der Waals surface area (Å²) in [6.45, 7) is 0.722.